The average molecular weight is 257 g/mol. The van der Waals surface area contributed by atoms with Crippen LogP contribution in [0.1, 0.15) is 50.1 Å². The first-order valence-electron chi connectivity index (χ1n) is 6.61. The zero-order valence-electron chi connectivity index (χ0n) is 11.4. The van der Waals surface area contributed by atoms with Gasteiger partial charge in [0.05, 0.1) is 0 Å². The van der Waals surface area contributed by atoms with Gasteiger partial charge in [-0.1, -0.05) is 33.8 Å². The lowest BCUT2D eigenvalue weighted by Gasteiger charge is -1.97. The lowest BCUT2D eigenvalue weighted by Crippen LogP contribution is -1.84. The first kappa shape index (κ1) is 11.8. The minimum Gasteiger partial charge on any atom is -0.358 e. The molecule has 0 amide bonds. The molecule has 0 saturated carbocycles. The Morgan fingerprint density at radius 3 is 2.44 bits per heavy atom. The third kappa shape index (κ3) is 1.76. The Hall–Kier alpha value is -1.28. The Morgan fingerprint density at radius 1 is 1.00 bits per heavy atom. The molecule has 2 heterocycles. The highest BCUT2D eigenvalue weighted by Gasteiger charge is 2.11. The fourth-order valence-electron chi connectivity index (χ4n) is 2.34. The van der Waals surface area contributed by atoms with Gasteiger partial charge in [-0.15, -0.1) is 11.3 Å². The van der Waals surface area contributed by atoms with Crippen molar-refractivity contribution in [2.24, 2.45) is 0 Å². The van der Waals surface area contributed by atoms with Crippen LogP contribution in [0, 0.1) is 0 Å². The molecule has 0 bridgehead atoms. The second-order valence-corrected chi connectivity index (χ2v) is 6.71. The second-order valence-electron chi connectivity index (χ2n) is 5.63. The monoisotopic (exact) mass is 257 g/mol. The Balaban J connectivity index is 2.30. The summed E-state index contributed by atoms with van der Waals surface area (Å²) in [6.45, 7) is 8.99. The highest BCUT2D eigenvalue weighted by atomic mass is 32.1. The van der Waals surface area contributed by atoms with Gasteiger partial charge in [-0.05, 0) is 35.4 Å². The first-order valence-corrected chi connectivity index (χ1v) is 7.43. The van der Waals surface area contributed by atoms with E-state index in [1.165, 1.54) is 31.6 Å². The van der Waals surface area contributed by atoms with Crippen molar-refractivity contribution >= 4 is 32.3 Å². The van der Waals surface area contributed by atoms with Gasteiger partial charge < -0.3 is 4.98 Å². The van der Waals surface area contributed by atoms with E-state index in [-0.39, 0.29) is 0 Å². The van der Waals surface area contributed by atoms with Crippen molar-refractivity contribution < 1.29 is 0 Å². The molecular formula is C16H19NS. The van der Waals surface area contributed by atoms with Crippen molar-refractivity contribution in [3.8, 4) is 0 Å². The third-order valence-electron chi connectivity index (χ3n) is 3.51. The fourth-order valence-corrected chi connectivity index (χ4v) is 3.52. The molecule has 94 valence electrons. The molecule has 1 aromatic carbocycles. The van der Waals surface area contributed by atoms with Crippen molar-refractivity contribution in [3.63, 3.8) is 0 Å². The summed E-state index contributed by atoms with van der Waals surface area (Å²) in [6.07, 6.45) is 0. The van der Waals surface area contributed by atoms with Gasteiger partial charge in [0.15, 0.2) is 0 Å². The molecule has 2 heteroatoms. The molecule has 0 radical (unpaired) electrons. The second kappa shape index (κ2) is 4.13. The highest BCUT2D eigenvalue weighted by molar-refractivity contribution is 7.20. The number of benzene rings is 1. The largest absolute Gasteiger partial charge is 0.358 e. The van der Waals surface area contributed by atoms with Crippen LogP contribution in [-0.2, 0) is 0 Å². The molecule has 0 aliphatic heterocycles. The lowest BCUT2D eigenvalue weighted by molar-refractivity contribution is 0.836. The first-order chi connectivity index (χ1) is 8.56. The summed E-state index contributed by atoms with van der Waals surface area (Å²) in [6, 6.07) is 9.11. The van der Waals surface area contributed by atoms with Gasteiger partial charge in [-0.3, -0.25) is 0 Å². The third-order valence-corrected chi connectivity index (χ3v) is 5.00. The van der Waals surface area contributed by atoms with E-state index in [4.69, 9.17) is 0 Å². The van der Waals surface area contributed by atoms with Gasteiger partial charge in [0, 0.05) is 26.2 Å². The van der Waals surface area contributed by atoms with Gasteiger partial charge in [0.2, 0.25) is 0 Å². The predicted octanol–water partition coefficient (Wildman–Crippen LogP) is 5.63. The Kier molecular flexibility index (Phi) is 2.70. The van der Waals surface area contributed by atoms with Gasteiger partial charge in [-0.2, -0.15) is 0 Å². The van der Waals surface area contributed by atoms with Crippen LogP contribution < -0.4 is 0 Å². The van der Waals surface area contributed by atoms with Crippen LogP contribution in [0.5, 0.6) is 0 Å². The number of nitrogens with one attached hydrogen (secondary N) is 1. The van der Waals surface area contributed by atoms with E-state index in [0.29, 0.717) is 11.8 Å². The fraction of sp³-hybridized carbons (Fsp3) is 0.375. The van der Waals surface area contributed by atoms with E-state index in [9.17, 15) is 0 Å². The minimum atomic E-state index is 0.553. The van der Waals surface area contributed by atoms with E-state index in [1.807, 2.05) is 11.3 Å². The number of H-pyrrole nitrogens is 1. The zero-order valence-corrected chi connectivity index (χ0v) is 12.2. The maximum Gasteiger partial charge on any atom is 0.0470 e. The Labute approximate surface area is 112 Å². The Bertz CT molecular complexity index is 639. The molecular weight excluding hydrogens is 238 g/mol. The summed E-state index contributed by atoms with van der Waals surface area (Å²) in [7, 11) is 0. The van der Waals surface area contributed by atoms with E-state index in [0.717, 1.165) is 0 Å². The van der Waals surface area contributed by atoms with Crippen LogP contribution in [-0.4, -0.2) is 4.98 Å². The molecule has 2 aromatic heterocycles. The SMILES string of the molecule is CC(C)c1cc2c(ccc3cc(C(C)C)sc32)[nH]1. The number of hydrogen-bond acceptors (Lipinski definition) is 1. The average Bonchev–Trinajstić information content (AvgIpc) is 2.91. The maximum atomic E-state index is 3.53. The summed E-state index contributed by atoms with van der Waals surface area (Å²) in [5.41, 5.74) is 2.60. The highest BCUT2D eigenvalue weighted by Crippen LogP contribution is 2.36. The molecule has 1 N–H and O–H groups in total. The molecule has 0 atom stereocenters. The van der Waals surface area contributed by atoms with Crippen molar-refractivity contribution in [2.75, 3.05) is 0 Å². The molecule has 3 aromatic rings. The maximum absolute atomic E-state index is 3.53. The van der Waals surface area contributed by atoms with E-state index >= 15 is 0 Å². The molecule has 1 nitrogen and oxygen atoms in total. The molecule has 0 unspecified atom stereocenters. The van der Waals surface area contributed by atoms with E-state index in [2.05, 4.69) is 56.9 Å². The number of hydrogen-bond donors (Lipinski definition) is 1. The summed E-state index contributed by atoms with van der Waals surface area (Å²) >= 11 is 1.94. The van der Waals surface area contributed by atoms with Gasteiger partial charge in [0.25, 0.3) is 0 Å². The van der Waals surface area contributed by atoms with Crippen LogP contribution in [0.3, 0.4) is 0 Å². The van der Waals surface area contributed by atoms with Gasteiger partial charge in [0.1, 0.15) is 0 Å². The number of rotatable bonds is 2. The van der Waals surface area contributed by atoms with Gasteiger partial charge in [-0.25, -0.2) is 0 Å². The summed E-state index contributed by atoms with van der Waals surface area (Å²) in [5, 5.41) is 2.76. The number of aromatic nitrogens is 1. The smallest absolute Gasteiger partial charge is 0.0470 e. The Morgan fingerprint density at radius 2 is 1.78 bits per heavy atom. The van der Waals surface area contributed by atoms with Crippen LogP contribution in [0.25, 0.3) is 21.0 Å². The van der Waals surface area contributed by atoms with Crippen molar-refractivity contribution in [2.45, 2.75) is 39.5 Å². The van der Waals surface area contributed by atoms with Crippen molar-refractivity contribution in [3.05, 3.63) is 34.8 Å². The van der Waals surface area contributed by atoms with Crippen LogP contribution in [0.2, 0.25) is 0 Å². The molecule has 0 aliphatic rings. The normalized spacial score (nSPS) is 12.3. The molecule has 0 saturated heterocycles. The summed E-state index contributed by atoms with van der Waals surface area (Å²) < 4.78 is 1.43. The van der Waals surface area contributed by atoms with Crippen LogP contribution >= 0.6 is 11.3 Å². The number of thiophene rings is 1. The van der Waals surface area contributed by atoms with Crippen molar-refractivity contribution in [1.82, 2.24) is 4.98 Å². The summed E-state index contributed by atoms with van der Waals surface area (Å²) in [5.74, 6) is 1.16. The molecule has 0 spiro atoms. The summed E-state index contributed by atoms with van der Waals surface area (Å²) in [4.78, 5) is 5.01. The minimum absolute atomic E-state index is 0.553. The van der Waals surface area contributed by atoms with Crippen LogP contribution in [0.15, 0.2) is 24.3 Å². The number of aromatic amines is 1. The predicted molar refractivity (Wildman–Crippen MR) is 81.9 cm³/mol. The van der Waals surface area contributed by atoms with Gasteiger partial charge >= 0.3 is 0 Å². The molecule has 18 heavy (non-hydrogen) atoms. The zero-order chi connectivity index (χ0) is 12.9. The quantitative estimate of drug-likeness (QED) is 0.612. The molecule has 0 fully saturated rings. The molecule has 3 rings (SSSR count). The van der Waals surface area contributed by atoms with E-state index < -0.39 is 0 Å². The lowest BCUT2D eigenvalue weighted by atomic mass is 10.1. The van der Waals surface area contributed by atoms with Crippen LogP contribution in [0.4, 0.5) is 0 Å². The topological polar surface area (TPSA) is 15.8 Å². The van der Waals surface area contributed by atoms with E-state index in [1.54, 1.807) is 0 Å². The molecule has 0 aliphatic carbocycles. The standard InChI is InChI=1S/C16H19NS/c1-9(2)14-8-12-13(17-14)6-5-11-7-15(10(3)4)18-16(11)12/h5-10,17H,1-4H3. The number of fused-ring (bicyclic) bond motifs is 3. The van der Waals surface area contributed by atoms with Crippen molar-refractivity contribution in [1.29, 1.82) is 0 Å².